The van der Waals surface area contributed by atoms with Gasteiger partial charge in [0.1, 0.15) is 5.76 Å². The van der Waals surface area contributed by atoms with Gasteiger partial charge in [-0.1, -0.05) is 20.8 Å². The Labute approximate surface area is 116 Å². The number of nitrogens with zero attached hydrogens (tertiary/aromatic N) is 2. The van der Waals surface area contributed by atoms with Gasteiger partial charge in [0.2, 0.25) is 5.89 Å². The Morgan fingerprint density at radius 3 is 2.84 bits per heavy atom. The van der Waals surface area contributed by atoms with E-state index in [2.05, 4.69) is 49.8 Å². The summed E-state index contributed by atoms with van der Waals surface area (Å²) in [5.74, 6) is 2.45. The minimum absolute atomic E-state index is 0.158. The number of aromatic nitrogens is 1. The van der Waals surface area contributed by atoms with E-state index in [0.29, 0.717) is 12.0 Å². The van der Waals surface area contributed by atoms with E-state index in [0.717, 1.165) is 37.7 Å². The number of hydrogen-bond donors (Lipinski definition) is 1. The van der Waals surface area contributed by atoms with Gasteiger partial charge >= 0.3 is 0 Å². The molecular weight excluding hydrogens is 238 g/mol. The van der Waals surface area contributed by atoms with Crippen LogP contribution in [0.5, 0.6) is 0 Å². The molecule has 108 valence electrons. The molecule has 19 heavy (non-hydrogen) atoms. The Bertz CT molecular complexity index is 411. The number of oxazole rings is 1. The second-order valence-electron chi connectivity index (χ2n) is 6.55. The number of piperazine rings is 1. The topological polar surface area (TPSA) is 41.3 Å². The summed E-state index contributed by atoms with van der Waals surface area (Å²) in [6.07, 6.45) is 2.76. The van der Waals surface area contributed by atoms with Crippen LogP contribution >= 0.6 is 0 Å². The molecule has 1 aromatic rings. The smallest absolute Gasteiger partial charge is 0.208 e. The van der Waals surface area contributed by atoms with E-state index in [1.54, 1.807) is 0 Å². The fraction of sp³-hybridized carbons (Fsp3) is 0.800. The third-order valence-corrected chi connectivity index (χ3v) is 3.91. The Hall–Kier alpha value is -0.870. The van der Waals surface area contributed by atoms with E-state index in [9.17, 15) is 0 Å². The van der Waals surface area contributed by atoms with Crippen LogP contribution < -0.4 is 5.32 Å². The molecule has 1 aliphatic rings. The van der Waals surface area contributed by atoms with E-state index in [1.807, 2.05) is 6.20 Å². The molecule has 1 saturated heterocycles. The first-order chi connectivity index (χ1) is 8.91. The zero-order chi connectivity index (χ0) is 14.0. The maximum absolute atomic E-state index is 5.76. The van der Waals surface area contributed by atoms with Gasteiger partial charge in [-0.15, -0.1) is 0 Å². The Kier molecular flexibility index (Phi) is 4.31. The van der Waals surface area contributed by atoms with Crippen LogP contribution in [-0.2, 0) is 13.0 Å². The first-order valence-corrected chi connectivity index (χ1v) is 7.34. The maximum atomic E-state index is 5.76. The van der Waals surface area contributed by atoms with Gasteiger partial charge in [0.05, 0.1) is 12.7 Å². The molecule has 0 aliphatic carbocycles. The van der Waals surface area contributed by atoms with Gasteiger partial charge < -0.3 is 9.73 Å². The largest absolute Gasteiger partial charge is 0.444 e. The highest BCUT2D eigenvalue weighted by molar-refractivity contribution is 4.98. The van der Waals surface area contributed by atoms with Crippen molar-refractivity contribution in [2.45, 2.75) is 59.2 Å². The van der Waals surface area contributed by atoms with Crippen LogP contribution in [0.3, 0.4) is 0 Å². The lowest BCUT2D eigenvalue weighted by molar-refractivity contribution is 0.0553. The predicted molar refractivity (Wildman–Crippen MR) is 77.0 cm³/mol. The molecule has 2 heterocycles. The highest BCUT2D eigenvalue weighted by Crippen LogP contribution is 2.22. The van der Waals surface area contributed by atoms with Crippen LogP contribution in [0, 0.1) is 5.92 Å². The minimum atomic E-state index is 0.158. The average molecular weight is 265 g/mol. The van der Waals surface area contributed by atoms with Gasteiger partial charge in [-0.2, -0.15) is 0 Å². The summed E-state index contributed by atoms with van der Waals surface area (Å²) in [6, 6.07) is 0.546. The van der Waals surface area contributed by atoms with E-state index in [-0.39, 0.29) is 5.54 Å². The zero-order valence-electron chi connectivity index (χ0n) is 12.9. The maximum Gasteiger partial charge on any atom is 0.208 e. The fourth-order valence-corrected chi connectivity index (χ4v) is 2.78. The molecule has 1 unspecified atom stereocenters. The van der Waals surface area contributed by atoms with Crippen LogP contribution in [0.25, 0.3) is 0 Å². The van der Waals surface area contributed by atoms with E-state index < -0.39 is 0 Å². The van der Waals surface area contributed by atoms with Crippen molar-refractivity contribution < 1.29 is 4.42 Å². The zero-order valence-corrected chi connectivity index (χ0v) is 12.9. The van der Waals surface area contributed by atoms with Crippen LogP contribution in [0.15, 0.2) is 10.6 Å². The third-order valence-electron chi connectivity index (χ3n) is 3.91. The van der Waals surface area contributed by atoms with Gasteiger partial charge in [-0.25, -0.2) is 4.98 Å². The first-order valence-electron chi connectivity index (χ1n) is 7.34. The average Bonchev–Trinajstić information content (AvgIpc) is 2.75. The highest BCUT2D eigenvalue weighted by Gasteiger charge is 2.34. The standard InChI is InChI=1S/C15H27N3O/c1-6-12-7-16-14(19-12)9-18-10-15(4,5)17-8-13(18)11(2)3/h7,11,13,17H,6,8-10H2,1-5H3. The molecule has 0 aromatic carbocycles. The second-order valence-corrected chi connectivity index (χ2v) is 6.55. The Morgan fingerprint density at radius 2 is 2.26 bits per heavy atom. The Balaban J connectivity index is 2.09. The summed E-state index contributed by atoms with van der Waals surface area (Å²) in [5.41, 5.74) is 0.158. The van der Waals surface area contributed by atoms with Crippen molar-refractivity contribution in [3.05, 3.63) is 17.8 Å². The summed E-state index contributed by atoms with van der Waals surface area (Å²) >= 11 is 0. The fourth-order valence-electron chi connectivity index (χ4n) is 2.78. The summed E-state index contributed by atoms with van der Waals surface area (Å²) in [5, 5.41) is 3.63. The van der Waals surface area contributed by atoms with Gasteiger partial charge in [0.25, 0.3) is 0 Å². The normalized spacial score (nSPS) is 24.0. The van der Waals surface area contributed by atoms with Crippen LogP contribution in [0.2, 0.25) is 0 Å². The van der Waals surface area contributed by atoms with Crippen molar-refractivity contribution in [3.63, 3.8) is 0 Å². The molecular formula is C15H27N3O. The predicted octanol–water partition coefficient (Wildman–Crippen LogP) is 2.45. The summed E-state index contributed by atoms with van der Waals surface area (Å²) < 4.78 is 5.76. The molecule has 1 atom stereocenters. The Morgan fingerprint density at radius 1 is 1.53 bits per heavy atom. The molecule has 0 spiro atoms. The van der Waals surface area contributed by atoms with Crippen LogP contribution in [-0.4, -0.2) is 34.6 Å². The molecule has 4 heteroatoms. The molecule has 2 rings (SSSR count). The number of rotatable bonds is 4. The van der Waals surface area contributed by atoms with Crippen molar-refractivity contribution in [3.8, 4) is 0 Å². The lowest BCUT2D eigenvalue weighted by Crippen LogP contribution is -2.62. The molecule has 0 saturated carbocycles. The van der Waals surface area contributed by atoms with Crippen molar-refractivity contribution in [2.24, 2.45) is 5.92 Å². The number of aryl methyl sites for hydroxylation is 1. The molecule has 0 radical (unpaired) electrons. The van der Waals surface area contributed by atoms with Crippen molar-refractivity contribution in [2.75, 3.05) is 13.1 Å². The molecule has 0 amide bonds. The molecule has 1 N–H and O–H groups in total. The summed E-state index contributed by atoms with van der Waals surface area (Å²) in [6.45, 7) is 14.0. The molecule has 1 aliphatic heterocycles. The summed E-state index contributed by atoms with van der Waals surface area (Å²) in [7, 11) is 0. The van der Waals surface area contributed by atoms with Gasteiger partial charge in [0, 0.05) is 31.1 Å². The number of nitrogens with one attached hydrogen (secondary N) is 1. The molecule has 1 aromatic heterocycles. The van der Waals surface area contributed by atoms with Gasteiger partial charge in [-0.3, -0.25) is 4.90 Å². The lowest BCUT2D eigenvalue weighted by Gasteiger charge is -2.45. The monoisotopic (exact) mass is 265 g/mol. The quantitative estimate of drug-likeness (QED) is 0.908. The van der Waals surface area contributed by atoms with E-state index >= 15 is 0 Å². The SMILES string of the molecule is CCc1cnc(CN2CC(C)(C)NCC2C(C)C)o1. The minimum Gasteiger partial charge on any atom is -0.444 e. The lowest BCUT2D eigenvalue weighted by atomic mass is 9.93. The molecule has 1 fully saturated rings. The second kappa shape index (κ2) is 5.63. The molecule has 0 bridgehead atoms. The summed E-state index contributed by atoms with van der Waals surface area (Å²) in [4.78, 5) is 6.90. The van der Waals surface area contributed by atoms with Crippen molar-refractivity contribution in [1.82, 2.24) is 15.2 Å². The van der Waals surface area contributed by atoms with Gasteiger partial charge in [0.15, 0.2) is 0 Å². The highest BCUT2D eigenvalue weighted by atomic mass is 16.4. The molecule has 4 nitrogen and oxygen atoms in total. The first kappa shape index (κ1) is 14.5. The number of hydrogen-bond acceptors (Lipinski definition) is 4. The van der Waals surface area contributed by atoms with Crippen LogP contribution in [0.4, 0.5) is 0 Å². The van der Waals surface area contributed by atoms with Crippen molar-refractivity contribution >= 4 is 0 Å². The van der Waals surface area contributed by atoms with Crippen LogP contribution in [0.1, 0.15) is 46.3 Å². The van der Waals surface area contributed by atoms with Crippen molar-refractivity contribution in [1.29, 1.82) is 0 Å². The van der Waals surface area contributed by atoms with Gasteiger partial charge in [-0.05, 0) is 19.8 Å². The van der Waals surface area contributed by atoms with E-state index in [4.69, 9.17) is 4.42 Å². The third kappa shape index (κ3) is 3.57. The van der Waals surface area contributed by atoms with E-state index in [1.165, 1.54) is 0 Å².